The van der Waals surface area contributed by atoms with Crippen LogP contribution in [-0.4, -0.2) is 8.42 Å². The van der Waals surface area contributed by atoms with Gasteiger partial charge in [-0.15, -0.1) is 4.40 Å². The van der Waals surface area contributed by atoms with Crippen LogP contribution in [0.2, 0.25) is 0 Å². The number of nitrogens with zero attached hydrogens (tertiary/aromatic N) is 1. The molecule has 0 spiro atoms. The Bertz CT molecular complexity index is 1110. The van der Waals surface area contributed by atoms with Crippen molar-refractivity contribution in [1.29, 1.82) is 0 Å². The lowest BCUT2D eigenvalue weighted by molar-refractivity contribution is 0.526. The highest BCUT2D eigenvalue weighted by Gasteiger charge is 2.17. The van der Waals surface area contributed by atoms with Crippen molar-refractivity contribution in [1.82, 2.24) is 0 Å². The summed E-state index contributed by atoms with van der Waals surface area (Å²) in [7, 11) is -3.84. The summed E-state index contributed by atoms with van der Waals surface area (Å²) in [5.41, 5.74) is 3.91. The van der Waals surface area contributed by atoms with Crippen molar-refractivity contribution < 1.29 is 12.8 Å². The molecule has 0 bridgehead atoms. The van der Waals surface area contributed by atoms with E-state index in [1.54, 1.807) is 24.3 Å². The second-order valence-corrected chi connectivity index (χ2v) is 8.34. The second kappa shape index (κ2) is 8.09. The van der Waals surface area contributed by atoms with Crippen molar-refractivity contribution in [2.75, 3.05) is 0 Å². The maximum atomic E-state index is 12.8. The van der Waals surface area contributed by atoms with E-state index in [0.29, 0.717) is 5.58 Å². The summed E-state index contributed by atoms with van der Waals surface area (Å²) < 4.78 is 35.8. The third-order valence-electron chi connectivity index (χ3n) is 4.56. The Morgan fingerprint density at radius 1 is 0.889 bits per heavy atom. The number of sulfonamides is 1. The Balaban J connectivity index is 2.30. The normalized spacial score (nSPS) is 12.6. The average Bonchev–Trinajstić information content (AvgIpc) is 2.64. The number of aryl methyl sites for hydroxylation is 2. The Labute approximate surface area is 160 Å². The van der Waals surface area contributed by atoms with Gasteiger partial charge in [0.15, 0.2) is 0 Å². The Kier molecular flexibility index (Phi) is 5.80. The minimum absolute atomic E-state index is 0.177. The fraction of sp³-hybridized carbons (Fsp3) is 0.318. The summed E-state index contributed by atoms with van der Waals surface area (Å²) in [6.07, 6.45) is 3.44. The van der Waals surface area contributed by atoms with Crippen molar-refractivity contribution in [3.8, 4) is 0 Å². The number of fused-ring (bicyclic) bond motifs is 1. The highest BCUT2D eigenvalue weighted by molar-refractivity contribution is 7.90. The molecule has 0 saturated heterocycles. The van der Waals surface area contributed by atoms with Crippen LogP contribution in [0.4, 0.5) is 0 Å². The van der Waals surface area contributed by atoms with Crippen molar-refractivity contribution in [3.63, 3.8) is 0 Å². The van der Waals surface area contributed by atoms with Crippen LogP contribution in [0.5, 0.6) is 0 Å². The lowest BCUT2D eigenvalue weighted by atomic mass is 9.97. The first-order valence-corrected chi connectivity index (χ1v) is 10.8. The van der Waals surface area contributed by atoms with Gasteiger partial charge in [0, 0.05) is 10.9 Å². The second-order valence-electron chi connectivity index (χ2n) is 6.74. The molecule has 4 nitrogen and oxygen atoms in total. The summed E-state index contributed by atoms with van der Waals surface area (Å²) in [6.45, 7) is 6.11. The maximum absolute atomic E-state index is 12.8. The number of rotatable bonds is 6. The first-order valence-electron chi connectivity index (χ1n) is 9.37. The molecule has 0 fully saturated rings. The minimum Gasteiger partial charge on any atom is -0.437 e. The molecule has 0 saturated carbocycles. The number of hydrogen-bond donors (Lipinski definition) is 0. The molecule has 2 aromatic carbocycles. The molecule has 1 heterocycles. The van der Waals surface area contributed by atoms with Gasteiger partial charge in [0.05, 0.1) is 4.90 Å². The third-order valence-corrected chi connectivity index (χ3v) is 5.84. The highest BCUT2D eigenvalue weighted by Crippen LogP contribution is 2.23. The number of para-hydroxylation sites is 1. The molecule has 0 aliphatic carbocycles. The zero-order valence-electron chi connectivity index (χ0n) is 16.0. The summed E-state index contributed by atoms with van der Waals surface area (Å²) in [4.78, 5) is 0.177. The SMILES string of the molecule is CCCc1c(CCC)c2ccccc2o/c1=N\S(=O)(=O)c1ccc(C)cc1. The van der Waals surface area contributed by atoms with Gasteiger partial charge in [-0.3, -0.25) is 0 Å². The fourth-order valence-corrected chi connectivity index (χ4v) is 4.20. The van der Waals surface area contributed by atoms with Crippen LogP contribution in [0.3, 0.4) is 0 Å². The van der Waals surface area contributed by atoms with Crippen LogP contribution in [0.1, 0.15) is 43.4 Å². The monoisotopic (exact) mass is 383 g/mol. The molecule has 0 N–H and O–H groups in total. The standard InChI is InChI=1S/C22H25NO3S/c1-4-8-18-19-10-6-7-11-21(19)26-22(20(18)9-5-2)23-27(24,25)17-14-12-16(3)13-15-17/h6-7,10-15H,4-5,8-9H2,1-3H3/b23-22-. The minimum atomic E-state index is -3.84. The Morgan fingerprint density at radius 3 is 2.19 bits per heavy atom. The molecule has 0 unspecified atom stereocenters. The van der Waals surface area contributed by atoms with Gasteiger partial charge in [-0.1, -0.05) is 62.6 Å². The molecular formula is C22H25NO3S. The summed E-state index contributed by atoms with van der Waals surface area (Å²) >= 11 is 0. The lowest BCUT2D eigenvalue weighted by Crippen LogP contribution is -2.16. The van der Waals surface area contributed by atoms with Gasteiger partial charge in [0.25, 0.3) is 10.0 Å². The first kappa shape index (κ1) is 19.4. The predicted molar refractivity (Wildman–Crippen MR) is 108 cm³/mol. The number of hydrogen-bond acceptors (Lipinski definition) is 3. The molecule has 3 rings (SSSR count). The molecule has 0 radical (unpaired) electrons. The van der Waals surface area contributed by atoms with Crippen molar-refractivity contribution in [3.05, 3.63) is 70.8 Å². The molecule has 5 heteroatoms. The zero-order chi connectivity index (χ0) is 19.4. The largest absolute Gasteiger partial charge is 0.437 e. The van der Waals surface area contributed by atoms with Gasteiger partial charge in [0.2, 0.25) is 5.55 Å². The van der Waals surface area contributed by atoms with Crippen LogP contribution in [0.15, 0.2) is 62.2 Å². The molecule has 27 heavy (non-hydrogen) atoms. The van der Waals surface area contributed by atoms with E-state index in [4.69, 9.17) is 4.42 Å². The lowest BCUT2D eigenvalue weighted by Gasteiger charge is -2.12. The predicted octanol–water partition coefficient (Wildman–Crippen LogP) is 4.94. The molecular weight excluding hydrogens is 358 g/mol. The number of benzene rings is 2. The van der Waals surface area contributed by atoms with E-state index in [0.717, 1.165) is 47.8 Å². The molecule has 0 amide bonds. The van der Waals surface area contributed by atoms with E-state index in [9.17, 15) is 8.42 Å². The van der Waals surface area contributed by atoms with Gasteiger partial charge >= 0.3 is 0 Å². The Morgan fingerprint density at radius 2 is 1.52 bits per heavy atom. The van der Waals surface area contributed by atoms with Crippen molar-refractivity contribution in [2.24, 2.45) is 4.40 Å². The fourth-order valence-electron chi connectivity index (χ4n) is 3.25. The van der Waals surface area contributed by atoms with E-state index in [-0.39, 0.29) is 10.4 Å². The summed E-state index contributed by atoms with van der Waals surface area (Å²) in [5.74, 6) is 0. The molecule has 3 aromatic rings. The van der Waals surface area contributed by atoms with E-state index >= 15 is 0 Å². The van der Waals surface area contributed by atoms with Gasteiger partial charge in [-0.2, -0.15) is 8.42 Å². The quantitative estimate of drug-likeness (QED) is 0.606. The molecule has 0 aliphatic rings. The Hall–Kier alpha value is -2.40. The molecule has 1 aromatic heterocycles. The van der Waals surface area contributed by atoms with Gasteiger partial charge < -0.3 is 4.42 Å². The van der Waals surface area contributed by atoms with E-state index in [2.05, 4.69) is 18.2 Å². The van der Waals surface area contributed by atoms with Crippen LogP contribution >= 0.6 is 0 Å². The van der Waals surface area contributed by atoms with E-state index < -0.39 is 10.0 Å². The smallest absolute Gasteiger partial charge is 0.285 e. The third kappa shape index (κ3) is 4.14. The molecule has 0 atom stereocenters. The zero-order valence-corrected chi connectivity index (χ0v) is 16.8. The highest BCUT2D eigenvalue weighted by atomic mass is 32.2. The van der Waals surface area contributed by atoms with E-state index in [1.165, 1.54) is 0 Å². The maximum Gasteiger partial charge on any atom is 0.285 e. The van der Waals surface area contributed by atoms with Gasteiger partial charge in [0.1, 0.15) is 5.58 Å². The first-order chi connectivity index (χ1) is 13.0. The van der Waals surface area contributed by atoms with Gasteiger partial charge in [-0.05, 0) is 43.5 Å². The summed E-state index contributed by atoms with van der Waals surface area (Å²) in [6, 6.07) is 14.5. The van der Waals surface area contributed by atoms with Crippen LogP contribution in [0.25, 0.3) is 11.0 Å². The van der Waals surface area contributed by atoms with Crippen LogP contribution in [-0.2, 0) is 22.9 Å². The topological polar surface area (TPSA) is 59.6 Å². The summed E-state index contributed by atoms with van der Waals surface area (Å²) in [5, 5.41) is 1.04. The van der Waals surface area contributed by atoms with Crippen LogP contribution < -0.4 is 5.55 Å². The van der Waals surface area contributed by atoms with Crippen molar-refractivity contribution >= 4 is 21.0 Å². The molecule has 142 valence electrons. The molecule has 0 aliphatic heterocycles. The van der Waals surface area contributed by atoms with E-state index in [1.807, 2.05) is 31.2 Å². The van der Waals surface area contributed by atoms with Crippen LogP contribution in [0, 0.1) is 6.92 Å². The van der Waals surface area contributed by atoms with Crippen molar-refractivity contribution in [2.45, 2.75) is 51.3 Å². The van der Waals surface area contributed by atoms with Gasteiger partial charge in [-0.25, -0.2) is 0 Å². The average molecular weight is 384 g/mol.